The maximum Gasteiger partial charge on any atom is 0.221 e. The van der Waals surface area contributed by atoms with Crippen LogP contribution in [0.2, 0.25) is 0 Å². The Morgan fingerprint density at radius 2 is 1.76 bits per heavy atom. The molecule has 3 heterocycles. The predicted octanol–water partition coefficient (Wildman–Crippen LogP) is 3.26. The second kappa shape index (κ2) is 9.59. The quantitative estimate of drug-likeness (QED) is 0.630. The number of halogens is 1. The third kappa shape index (κ3) is 4.76. The first kappa shape index (κ1) is 23.4. The third-order valence-corrected chi connectivity index (χ3v) is 6.18. The molecule has 0 radical (unpaired) electrons. The number of piperazine rings is 1. The average Bonchev–Trinajstić information content (AvgIpc) is 2.81. The molecule has 2 amide bonds. The first-order valence-corrected chi connectivity index (χ1v) is 11.2. The van der Waals surface area contributed by atoms with E-state index in [4.69, 9.17) is 5.73 Å². The summed E-state index contributed by atoms with van der Waals surface area (Å²) in [4.78, 5) is 36.0. The van der Waals surface area contributed by atoms with E-state index in [2.05, 4.69) is 14.9 Å². The smallest absolute Gasteiger partial charge is 0.221 e. The van der Waals surface area contributed by atoms with Gasteiger partial charge in [0.2, 0.25) is 11.8 Å². The van der Waals surface area contributed by atoms with Crippen molar-refractivity contribution in [3.8, 4) is 22.4 Å². The number of nitrogens with zero attached hydrogens (tertiary/aromatic N) is 4. The van der Waals surface area contributed by atoms with Gasteiger partial charge < -0.3 is 15.5 Å². The topological polar surface area (TPSA) is 92.4 Å². The Bertz CT molecular complexity index is 1230. The number of pyridine rings is 2. The normalized spacial score (nSPS) is 13.8. The van der Waals surface area contributed by atoms with E-state index in [-0.39, 0.29) is 17.9 Å². The largest absolute Gasteiger partial charge is 0.369 e. The summed E-state index contributed by atoms with van der Waals surface area (Å²) in [5.41, 5.74) is 10.5. The van der Waals surface area contributed by atoms with E-state index < -0.39 is 11.7 Å². The van der Waals surface area contributed by atoms with Crippen molar-refractivity contribution in [2.75, 3.05) is 31.1 Å². The minimum absolute atomic E-state index is 0.0775. The van der Waals surface area contributed by atoms with Crippen molar-refractivity contribution in [1.82, 2.24) is 14.9 Å². The van der Waals surface area contributed by atoms with Crippen molar-refractivity contribution in [1.29, 1.82) is 0 Å². The van der Waals surface area contributed by atoms with Crippen LogP contribution in [0, 0.1) is 19.7 Å². The SMILES string of the molecule is CC(=O)N1CCN(c2ccc(-c3c(F)c(CC(N)=O)cc(C)c3-c3ccnc(C)c3)nc2)CC1. The fraction of sp³-hybridized carbons (Fsp3) is 0.308. The molecular weight excluding hydrogens is 433 g/mol. The molecule has 34 heavy (non-hydrogen) atoms. The van der Waals surface area contributed by atoms with Crippen molar-refractivity contribution >= 4 is 17.5 Å². The monoisotopic (exact) mass is 461 g/mol. The highest BCUT2D eigenvalue weighted by atomic mass is 19.1. The third-order valence-electron chi connectivity index (χ3n) is 6.18. The molecule has 1 aromatic carbocycles. The van der Waals surface area contributed by atoms with E-state index in [0.717, 1.165) is 22.5 Å². The van der Waals surface area contributed by atoms with Crippen LogP contribution >= 0.6 is 0 Å². The second-order valence-electron chi connectivity index (χ2n) is 8.64. The van der Waals surface area contributed by atoms with Crippen LogP contribution in [-0.4, -0.2) is 52.9 Å². The van der Waals surface area contributed by atoms with Crippen LogP contribution < -0.4 is 10.6 Å². The predicted molar refractivity (Wildman–Crippen MR) is 130 cm³/mol. The molecule has 176 valence electrons. The Morgan fingerprint density at radius 1 is 1.03 bits per heavy atom. The molecule has 3 aromatic rings. The molecular formula is C26H28FN5O2. The highest BCUT2D eigenvalue weighted by molar-refractivity contribution is 5.87. The molecule has 2 N–H and O–H groups in total. The molecule has 1 aliphatic heterocycles. The van der Waals surface area contributed by atoms with Crippen molar-refractivity contribution in [2.45, 2.75) is 27.2 Å². The zero-order chi connectivity index (χ0) is 24.4. The number of aromatic nitrogens is 2. The lowest BCUT2D eigenvalue weighted by Crippen LogP contribution is -2.48. The number of hydrogen-bond acceptors (Lipinski definition) is 5. The Morgan fingerprint density at radius 3 is 2.35 bits per heavy atom. The first-order valence-electron chi connectivity index (χ1n) is 11.2. The summed E-state index contributed by atoms with van der Waals surface area (Å²) in [6, 6.07) is 9.15. The molecule has 0 bridgehead atoms. The van der Waals surface area contributed by atoms with E-state index in [1.54, 1.807) is 31.5 Å². The number of carbonyl (C=O) groups excluding carboxylic acids is 2. The number of nitrogens with two attached hydrogens (primary N) is 1. The Balaban J connectivity index is 1.76. The van der Waals surface area contributed by atoms with Crippen LogP contribution in [0.5, 0.6) is 0 Å². The van der Waals surface area contributed by atoms with E-state index in [1.165, 1.54) is 0 Å². The number of carbonyl (C=O) groups is 2. The first-order chi connectivity index (χ1) is 16.2. The molecule has 0 unspecified atom stereocenters. The number of amides is 2. The second-order valence-corrected chi connectivity index (χ2v) is 8.64. The van der Waals surface area contributed by atoms with E-state index in [0.29, 0.717) is 43.0 Å². The van der Waals surface area contributed by atoms with E-state index in [9.17, 15) is 9.59 Å². The number of anilines is 1. The van der Waals surface area contributed by atoms with Gasteiger partial charge in [-0.15, -0.1) is 0 Å². The minimum Gasteiger partial charge on any atom is -0.369 e. The highest BCUT2D eigenvalue weighted by Crippen LogP contribution is 2.38. The zero-order valence-corrected chi connectivity index (χ0v) is 19.6. The summed E-state index contributed by atoms with van der Waals surface area (Å²) in [5, 5.41) is 0. The molecule has 1 saturated heterocycles. The van der Waals surface area contributed by atoms with Crippen molar-refractivity contribution in [3.63, 3.8) is 0 Å². The van der Waals surface area contributed by atoms with Crippen molar-refractivity contribution in [2.24, 2.45) is 5.73 Å². The van der Waals surface area contributed by atoms with Gasteiger partial charge in [0.1, 0.15) is 5.82 Å². The van der Waals surface area contributed by atoms with Crippen molar-refractivity contribution < 1.29 is 14.0 Å². The van der Waals surface area contributed by atoms with Gasteiger partial charge >= 0.3 is 0 Å². The summed E-state index contributed by atoms with van der Waals surface area (Å²) < 4.78 is 15.8. The number of primary amides is 1. The summed E-state index contributed by atoms with van der Waals surface area (Å²) in [7, 11) is 0. The molecule has 0 atom stereocenters. The summed E-state index contributed by atoms with van der Waals surface area (Å²) in [5.74, 6) is -1.01. The van der Waals surface area contributed by atoms with E-state index >= 15 is 4.39 Å². The molecule has 1 fully saturated rings. The maximum absolute atomic E-state index is 15.8. The minimum atomic E-state index is -0.593. The van der Waals surface area contributed by atoms with E-state index in [1.807, 2.05) is 36.9 Å². The molecule has 0 saturated carbocycles. The number of aryl methyl sites for hydroxylation is 2. The van der Waals surface area contributed by atoms with Gasteiger partial charge in [0.05, 0.1) is 24.0 Å². The average molecular weight is 462 g/mol. The standard InChI is InChI=1S/C26H28FN5O2/c1-16-12-20(14-23(28)34)26(27)25(24(16)19-6-7-29-17(2)13-19)22-5-4-21(15-30-22)32-10-8-31(9-11-32)18(3)33/h4-7,12-13,15H,8-11,14H2,1-3H3,(H2,28,34). The van der Waals surface area contributed by atoms with Gasteiger partial charge in [0, 0.05) is 50.6 Å². The molecule has 7 nitrogen and oxygen atoms in total. The Kier molecular flexibility index (Phi) is 6.58. The molecule has 0 spiro atoms. The van der Waals surface area contributed by atoms with Crippen LogP contribution in [0.25, 0.3) is 22.4 Å². The lowest BCUT2D eigenvalue weighted by Gasteiger charge is -2.35. The van der Waals surface area contributed by atoms with Gasteiger partial charge in [-0.25, -0.2) is 4.39 Å². The van der Waals surface area contributed by atoms with Gasteiger partial charge in [0.15, 0.2) is 0 Å². The van der Waals surface area contributed by atoms with Gasteiger partial charge in [0.25, 0.3) is 0 Å². The lowest BCUT2D eigenvalue weighted by atomic mass is 9.89. The van der Waals surface area contributed by atoms with Crippen LogP contribution in [0.1, 0.15) is 23.7 Å². The van der Waals surface area contributed by atoms with Gasteiger partial charge in [-0.05, 0) is 60.4 Å². The molecule has 4 rings (SSSR count). The highest BCUT2D eigenvalue weighted by Gasteiger charge is 2.23. The summed E-state index contributed by atoms with van der Waals surface area (Å²) in [6.45, 7) is 8.10. The van der Waals surface area contributed by atoms with Crippen LogP contribution in [-0.2, 0) is 16.0 Å². The Hall–Kier alpha value is -3.81. The molecule has 1 aliphatic rings. The number of benzene rings is 1. The lowest BCUT2D eigenvalue weighted by molar-refractivity contribution is -0.129. The zero-order valence-electron chi connectivity index (χ0n) is 19.6. The van der Waals surface area contributed by atoms with Crippen LogP contribution in [0.15, 0.2) is 42.7 Å². The summed E-state index contributed by atoms with van der Waals surface area (Å²) in [6.07, 6.45) is 3.24. The fourth-order valence-corrected chi connectivity index (χ4v) is 4.49. The molecule has 2 aromatic heterocycles. The fourth-order valence-electron chi connectivity index (χ4n) is 4.49. The van der Waals surface area contributed by atoms with Gasteiger partial charge in [-0.3, -0.25) is 19.6 Å². The van der Waals surface area contributed by atoms with Gasteiger partial charge in [-0.2, -0.15) is 0 Å². The number of rotatable bonds is 5. The molecule has 0 aliphatic carbocycles. The maximum atomic E-state index is 15.8. The summed E-state index contributed by atoms with van der Waals surface area (Å²) >= 11 is 0. The Labute approximate surface area is 198 Å². The molecule has 8 heteroatoms. The van der Waals surface area contributed by atoms with Crippen LogP contribution in [0.3, 0.4) is 0 Å². The van der Waals surface area contributed by atoms with Crippen molar-refractivity contribution in [3.05, 3.63) is 65.4 Å². The number of hydrogen-bond donors (Lipinski definition) is 1. The van der Waals surface area contributed by atoms with Crippen LogP contribution in [0.4, 0.5) is 10.1 Å². The van der Waals surface area contributed by atoms with Gasteiger partial charge in [-0.1, -0.05) is 6.07 Å².